The van der Waals surface area contributed by atoms with E-state index in [0.717, 1.165) is 44.5 Å². The van der Waals surface area contributed by atoms with E-state index in [9.17, 15) is 22.8 Å². The number of hydrogen-bond acceptors (Lipinski definition) is 3. The fourth-order valence-corrected chi connectivity index (χ4v) is 4.56. The Kier molecular flexibility index (Phi) is 4.85. The third-order valence-corrected chi connectivity index (χ3v) is 6.32. The minimum absolute atomic E-state index is 0.00465. The number of anilines is 1. The number of piperidine rings is 1. The maximum atomic E-state index is 13.4. The van der Waals surface area contributed by atoms with E-state index in [1.807, 2.05) is 0 Å². The van der Waals surface area contributed by atoms with Crippen molar-refractivity contribution in [3.05, 3.63) is 29.3 Å². The average Bonchev–Trinajstić information content (AvgIpc) is 3.30. The minimum Gasteiger partial charge on any atom is -0.339 e. The Labute approximate surface area is 161 Å². The molecule has 2 amide bonds. The molecule has 3 fully saturated rings. The van der Waals surface area contributed by atoms with Crippen molar-refractivity contribution >= 4 is 17.5 Å². The van der Waals surface area contributed by atoms with Crippen molar-refractivity contribution in [3.8, 4) is 0 Å². The quantitative estimate of drug-likeness (QED) is 0.838. The number of nitrogens with zero attached hydrogens (tertiary/aromatic N) is 2. The second-order valence-corrected chi connectivity index (χ2v) is 8.13. The average molecular weight is 395 g/mol. The molecule has 1 aromatic rings. The van der Waals surface area contributed by atoms with Gasteiger partial charge in [0.2, 0.25) is 5.91 Å². The second kappa shape index (κ2) is 7.06. The molecule has 0 saturated carbocycles. The van der Waals surface area contributed by atoms with Crippen LogP contribution in [0.5, 0.6) is 0 Å². The topological polar surface area (TPSA) is 52.7 Å². The van der Waals surface area contributed by atoms with Crippen molar-refractivity contribution in [2.45, 2.75) is 38.3 Å². The van der Waals surface area contributed by atoms with Crippen molar-refractivity contribution in [2.24, 2.45) is 5.41 Å². The highest BCUT2D eigenvalue weighted by Gasteiger charge is 2.39. The van der Waals surface area contributed by atoms with Crippen molar-refractivity contribution in [1.82, 2.24) is 10.2 Å². The van der Waals surface area contributed by atoms with Crippen LogP contribution in [0.1, 0.15) is 48.0 Å². The summed E-state index contributed by atoms with van der Waals surface area (Å²) >= 11 is 0. The van der Waals surface area contributed by atoms with E-state index in [-0.39, 0.29) is 28.5 Å². The zero-order chi connectivity index (χ0) is 19.9. The van der Waals surface area contributed by atoms with Gasteiger partial charge in [0.1, 0.15) is 0 Å². The van der Waals surface area contributed by atoms with Crippen LogP contribution in [-0.2, 0) is 11.0 Å². The zero-order valence-corrected chi connectivity index (χ0v) is 15.6. The summed E-state index contributed by atoms with van der Waals surface area (Å²) in [5.74, 6) is -0.592. The van der Waals surface area contributed by atoms with Gasteiger partial charge in [-0.05, 0) is 55.8 Å². The molecule has 8 heteroatoms. The van der Waals surface area contributed by atoms with Crippen LogP contribution in [-0.4, -0.2) is 49.4 Å². The van der Waals surface area contributed by atoms with E-state index in [2.05, 4.69) is 5.32 Å². The summed E-state index contributed by atoms with van der Waals surface area (Å²) in [4.78, 5) is 28.0. The normalized spacial score (nSPS) is 22.3. The first-order valence-corrected chi connectivity index (χ1v) is 9.80. The van der Waals surface area contributed by atoms with Crippen LogP contribution in [0.4, 0.5) is 18.9 Å². The highest BCUT2D eigenvalue weighted by atomic mass is 19.4. The van der Waals surface area contributed by atoms with Crippen LogP contribution in [0.15, 0.2) is 18.2 Å². The monoisotopic (exact) mass is 395 g/mol. The van der Waals surface area contributed by atoms with Crippen LogP contribution in [0.25, 0.3) is 0 Å². The lowest BCUT2D eigenvalue weighted by Crippen LogP contribution is -2.44. The predicted octanol–water partition coefficient (Wildman–Crippen LogP) is 3.05. The van der Waals surface area contributed by atoms with Gasteiger partial charge in [-0.25, -0.2) is 0 Å². The van der Waals surface area contributed by atoms with Gasteiger partial charge in [0.25, 0.3) is 5.91 Å². The van der Waals surface area contributed by atoms with E-state index in [4.69, 9.17) is 0 Å². The summed E-state index contributed by atoms with van der Waals surface area (Å²) < 4.78 is 40.2. The Morgan fingerprint density at radius 3 is 2.39 bits per heavy atom. The van der Waals surface area contributed by atoms with Gasteiger partial charge >= 0.3 is 6.18 Å². The number of carbonyl (C=O) groups is 2. The third-order valence-electron chi connectivity index (χ3n) is 6.32. The summed E-state index contributed by atoms with van der Waals surface area (Å²) in [6.45, 7) is 3.41. The number of rotatable bonds is 2. The number of amides is 2. The number of benzene rings is 1. The van der Waals surface area contributed by atoms with Gasteiger partial charge in [-0.15, -0.1) is 0 Å². The number of hydrogen-bond donors (Lipinski definition) is 1. The molecule has 28 heavy (non-hydrogen) atoms. The van der Waals surface area contributed by atoms with E-state index in [1.165, 1.54) is 11.0 Å². The maximum Gasteiger partial charge on any atom is 0.416 e. The molecule has 5 nitrogen and oxygen atoms in total. The van der Waals surface area contributed by atoms with Gasteiger partial charge in [0.15, 0.2) is 0 Å². The molecule has 4 rings (SSSR count). The van der Waals surface area contributed by atoms with Crippen molar-refractivity contribution < 1.29 is 22.8 Å². The third kappa shape index (κ3) is 3.62. The summed E-state index contributed by atoms with van der Waals surface area (Å²) in [6, 6.07) is 3.31. The first-order valence-electron chi connectivity index (χ1n) is 9.80. The standard InChI is InChI=1S/C20H24F3N3O2/c21-20(22,23)15-10-14(11-16(12-15)26-7-1-2-17(26)27)18(28)25-8-4-19(5-9-25)3-6-24-13-19/h10-12,24H,1-9,13H2. The summed E-state index contributed by atoms with van der Waals surface area (Å²) in [6.07, 6.45) is -0.832. The molecule has 0 aromatic heterocycles. The van der Waals surface area contributed by atoms with Crippen LogP contribution in [0.3, 0.4) is 0 Å². The smallest absolute Gasteiger partial charge is 0.339 e. The first kappa shape index (κ1) is 19.2. The summed E-state index contributed by atoms with van der Waals surface area (Å²) in [5.41, 5.74) is -0.502. The molecule has 0 atom stereocenters. The molecule has 1 spiro atoms. The lowest BCUT2D eigenvalue weighted by Gasteiger charge is -2.39. The molecule has 3 aliphatic heterocycles. The lowest BCUT2D eigenvalue weighted by molar-refractivity contribution is -0.137. The van der Waals surface area contributed by atoms with Gasteiger partial charge in [0, 0.05) is 43.9 Å². The molecule has 0 unspecified atom stereocenters. The lowest BCUT2D eigenvalue weighted by atomic mass is 9.78. The predicted molar refractivity (Wildman–Crippen MR) is 98.1 cm³/mol. The van der Waals surface area contributed by atoms with Gasteiger partial charge in [0.05, 0.1) is 5.56 Å². The Morgan fingerprint density at radius 2 is 1.82 bits per heavy atom. The molecule has 1 aromatic carbocycles. The van der Waals surface area contributed by atoms with Crippen LogP contribution >= 0.6 is 0 Å². The first-order chi connectivity index (χ1) is 13.3. The van der Waals surface area contributed by atoms with Crippen molar-refractivity contribution in [3.63, 3.8) is 0 Å². The summed E-state index contributed by atoms with van der Waals surface area (Å²) in [5, 5.41) is 3.36. The zero-order valence-electron chi connectivity index (χ0n) is 15.6. The number of carbonyl (C=O) groups excluding carboxylic acids is 2. The molecule has 0 radical (unpaired) electrons. The van der Waals surface area contributed by atoms with E-state index in [1.54, 1.807) is 4.90 Å². The van der Waals surface area contributed by atoms with Crippen molar-refractivity contribution in [1.29, 1.82) is 0 Å². The molecule has 3 heterocycles. The number of likely N-dealkylation sites (tertiary alicyclic amines) is 1. The highest BCUT2D eigenvalue weighted by molar-refractivity contribution is 5.99. The van der Waals surface area contributed by atoms with Gasteiger partial charge < -0.3 is 15.1 Å². The maximum absolute atomic E-state index is 13.4. The van der Waals surface area contributed by atoms with Gasteiger partial charge in [-0.3, -0.25) is 9.59 Å². The van der Waals surface area contributed by atoms with Gasteiger partial charge in [-0.1, -0.05) is 0 Å². The van der Waals surface area contributed by atoms with Gasteiger partial charge in [-0.2, -0.15) is 13.2 Å². The molecule has 3 aliphatic rings. The minimum atomic E-state index is -4.57. The van der Waals surface area contributed by atoms with Crippen LogP contribution < -0.4 is 10.2 Å². The fourth-order valence-electron chi connectivity index (χ4n) is 4.56. The van der Waals surface area contributed by atoms with E-state index < -0.39 is 11.7 Å². The van der Waals surface area contributed by atoms with E-state index >= 15 is 0 Å². The van der Waals surface area contributed by atoms with E-state index in [0.29, 0.717) is 32.5 Å². The Hall–Kier alpha value is -2.09. The molecular formula is C20H24F3N3O2. The Morgan fingerprint density at radius 1 is 1.07 bits per heavy atom. The number of nitrogens with one attached hydrogen (secondary N) is 1. The SMILES string of the molecule is O=C(c1cc(N2CCCC2=O)cc(C(F)(F)F)c1)N1CCC2(CCNC2)CC1. The molecule has 3 saturated heterocycles. The van der Waals surface area contributed by atoms with Crippen molar-refractivity contribution in [2.75, 3.05) is 37.6 Å². The highest BCUT2D eigenvalue weighted by Crippen LogP contribution is 2.38. The number of alkyl halides is 3. The molecule has 0 aliphatic carbocycles. The molecule has 0 bridgehead atoms. The molecule has 152 valence electrons. The largest absolute Gasteiger partial charge is 0.416 e. The Bertz CT molecular complexity index is 777. The molecular weight excluding hydrogens is 371 g/mol. The Balaban J connectivity index is 1.59. The fraction of sp³-hybridized carbons (Fsp3) is 0.600. The molecule has 1 N–H and O–H groups in total. The number of halogens is 3. The van der Waals surface area contributed by atoms with Crippen LogP contribution in [0.2, 0.25) is 0 Å². The summed E-state index contributed by atoms with van der Waals surface area (Å²) in [7, 11) is 0. The van der Waals surface area contributed by atoms with Crippen LogP contribution in [0, 0.1) is 5.41 Å². The second-order valence-electron chi connectivity index (χ2n) is 8.13.